The molecule has 0 radical (unpaired) electrons. The molecule has 0 aliphatic rings. The lowest BCUT2D eigenvalue weighted by molar-refractivity contribution is 0.426. The summed E-state index contributed by atoms with van der Waals surface area (Å²) in [6, 6.07) is 14.0. The third-order valence-electron chi connectivity index (χ3n) is 3.03. The topological polar surface area (TPSA) is 22.1 Å². The van der Waals surface area contributed by atoms with Gasteiger partial charge in [0, 0.05) is 10.9 Å². The third-order valence-corrected chi connectivity index (χ3v) is 3.61. The predicted molar refractivity (Wildman–Crippen MR) is 82.8 cm³/mol. The van der Waals surface area contributed by atoms with Gasteiger partial charge < -0.3 is 4.74 Å². The molecular formula is C16H10Cl2FNO. The number of fused-ring (bicyclic) bond motifs is 1. The highest BCUT2D eigenvalue weighted by Crippen LogP contribution is 2.31. The van der Waals surface area contributed by atoms with Gasteiger partial charge in [-0.05, 0) is 24.3 Å². The molecule has 0 fully saturated rings. The summed E-state index contributed by atoms with van der Waals surface area (Å²) in [5.41, 5.74) is 1.44. The summed E-state index contributed by atoms with van der Waals surface area (Å²) in [6.45, 7) is 0. The van der Waals surface area contributed by atoms with Crippen molar-refractivity contribution in [3.63, 3.8) is 0 Å². The predicted octanol–water partition coefficient (Wildman–Crippen LogP) is 5.56. The molecule has 1 aromatic heterocycles. The zero-order chi connectivity index (χ0) is 14.8. The first-order valence-corrected chi connectivity index (χ1v) is 7.17. The van der Waals surface area contributed by atoms with Gasteiger partial charge >= 0.3 is 0 Å². The molecule has 0 atom stereocenters. The Morgan fingerprint density at radius 2 is 1.90 bits per heavy atom. The SMILES string of the molecule is Fc1c(Cl)cccc1Oc1nc2ccccc2cc1CCl. The average Bonchev–Trinajstić information content (AvgIpc) is 2.51. The van der Waals surface area contributed by atoms with Crippen molar-refractivity contribution in [1.29, 1.82) is 0 Å². The maximum atomic E-state index is 13.9. The molecule has 3 rings (SSSR count). The maximum absolute atomic E-state index is 13.9. The molecule has 2 aromatic carbocycles. The number of nitrogens with zero attached hydrogens (tertiary/aromatic N) is 1. The van der Waals surface area contributed by atoms with E-state index < -0.39 is 5.82 Å². The largest absolute Gasteiger partial charge is 0.436 e. The van der Waals surface area contributed by atoms with Crippen LogP contribution in [0, 0.1) is 5.82 Å². The van der Waals surface area contributed by atoms with Crippen molar-refractivity contribution in [1.82, 2.24) is 4.98 Å². The van der Waals surface area contributed by atoms with Gasteiger partial charge in [-0.3, -0.25) is 0 Å². The number of aromatic nitrogens is 1. The van der Waals surface area contributed by atoms with Gasteiger partial charge in [0.1, 0.15) is 0 Å². The Labute approximate surface area is 131 Å². The number of ether oxygens (including phenoxy) is 1. The smallest absolute Gasteiger partial charge is 0.224 e. The zero-order valence-corrected chi connectivity index (χ0v) is 12.3. The Balaban J connectivity index is 2.09. The molecule has 0 unspecified atom stereocenters. The highest BCUT2D eigenvalue weighted by atomic mass is 35.5. The quantitative estimate of drug-likeness (QED) is 0.589. The van der Waals surface area contributed by atoms with E-state index in [0.29, 0.717) is 5.56 Å². The van der Waals surface area contributed by atoms with Crippen molar-refractivity contribution in [2.45, 2.75) is 5.88 Å². The van der Waals surface area contributed by atoms with Gasteiger partial charge in [-0.2, -0.15) is 0 Å². The van der Waals surface area contributed by atoms with E-state index in [1.165, 1.54) is 12.1 Å². The number of alkyl halides is 1. The van der Waals surface area contributed by atoms with Crippen LogP contribution in [0.1, 0.15) is 5.56 Å². The second-order valence-electron chi connectivity index (χ2n) is 4.43. The van der Waals surface area contributed by atoms with E-state index in [4.69, 9.17) is 27.9 Å². The Morgan fingerprint density at radius 3 is 2.71 bits per heavy atom. The van der Waals surface area contributed by atoms with E-state index >= 15 is 0 Å². The summed E-state index contributed by atoms with van der Waals surface area (Å²) in [4.78, 5) is 4.40. The van der Waals surface area contributed by atoms with Crippen LogP contribution in [-0.4, -0.2) is 4.98 Å². The lowest BCUT2D eigenvalue weighted by Crippen LogP contribution is -1.96. The lowest BCUT2D eigenvalue weighted by atomic mass is 10.1. The second kappa shape index (κ2) is 5.88. The molecule has 0 amide bonds. The molecule has 0 saturated carbocycles. The van der Waals surface area contributed by atoms with E-state index in [1.807, 2.05) is 30.3 Å². The number of para-hydroxylation sites is 1. The molecule has 0 N–H and O–H groups in total. The van der Waals surface area contributed by atoms with Crippen LogP contribution < -0.4 is 4.74 Å². The first-order valence-electron chi connectivity index (χ1n) is 6.25. The van der Waals surface area contributed by atoms with E-state index in [2.05, 4.69) is 4.98 Å². The van der Waals surface area contributed by atoms with Gasteiger partial charge in [0.25, 0.3) is 0 Å². The summed E-state index contributed by atoms with van der Waals surface area (Å²) in [5, 5.41) is 0.952. The van der Waals surface area contributed by atoms with E-state index in [9.17, 15) is 4.39 Å². The minimum atomic E-state index is -0.616. The molecule has 0 saturated heterocycles. The first kappa shape index (κ1) is 14.1. The summed E-state index contributed by atoms with van der Waals surface area (Å²) in [5.74, 6) is -0.0915. The minimum absolute atomic E-state index is 0.000660. The van der Waals surface area contributed by atoms with Gasteiger partial charge in [-0.15, -0.1) is 11.6 Å². The monoisotopic (exact) mass is 321 g/mol. The van der Waals surface area contributed by atoms with Gasteiger partial charge in [0.2, 0.25) is 5.88 Å². The normalized spacial score (nSPS) is 10.8. The van der Waals surface area contributed by atoms with Crippen LogP contribution in [-0.2, 0) is 5.88 Å². The van der Waals surface area contributed by atoms with E-state index in [-0.39, 0.29) is 22.5 Å². The molecule has 5 heteroatoms. The maximum Gasteiger partial charge on any atom is 0.224 e. The van der Waals surface area contributed by atoms with Crippen LogP contribution >= 0.6 is 23.2 Å². The number of halogens is 3. The van der Waals surface area contributed by atoms with E-state index in [1.54, 1.807) is 6.07 Å². The van der Waals surface area contributed by atoms with Gasteiger partial charge in [-0.25, -0.2) is 9.37 Å². The minimum Gasteiger partial charge on any atom is -0.436 e. The summed E-state index contributed by atoms with van der Waals surface area (Å²) < 4.78 is 19.5. The standard InChI is InChI=1S/C16H10Cl2FNO/c17-9-11-8-10-4-1-2-6-13(10)20-16(11)21-14-7-3-5-12(18)15(14)19/h1-8H,9H2. The number of rotatable bonds is 3. The van der Waals surface area contributed by atoms with Gasteiger partial charge in [-0.1, -0.05) is 35.9 Å². The summed E-state index contributed by atoms with van der Waals surface area (Å²) in [6.07, 6.45) is 0. The number of hydrogen-bond donors (Lipinski definition) is 0. The third kappa shape index (κ3) is 2.80. The van der Waals surface area contributed by atoms with Crippen LogP contribution in [0.15, 0.2) is 48.5 Å². The second-order valence-corrected chi connectivity index (χ2v) is 5.11. The highest BCUT2D eigenvalue weighted by Gasteiger charge is 2.13. The van der Waals surface area contributed by atoms with Crippen LogP contribution in [0.4, 0.5) is 4.39 Å². The molecular weight excluding hydrogens is 312 g/mol. The van der Waals surface area contributed by atoms with Crippen LogP contribution in [0.3, 0.4) is 0 Å². The Bertz CT molecular complexity index is 807. The van der Waals surface area contributed by atoms with Crippen molar-refractivity contribution in [2.24, 2.45) is 0 Å². The van der Waals surface area contributed by atoms with Crippen molar-refractivity contribution in [2.75, 3.05) is 0 Å². The van der Waals surface area contributed by atoms with Crippen molar-refractivity contribution in [3.05, 3.63) is 64.9 Å². The van der Waals surface area contributed by atoms with Crippen molar-refractivity contribution < 1.29 is 9.13 Å². The number of hydrogen-bond acceptors (Lipinski definition) is 2. The summed E-state index contributed by atoms with van der Waals surface area (Å²) >= 11 is 11.7. The van der Waals surface area contributed by atoms with Crippen LogP contribution in [0.5, 0.6) is 11.6 Å². The van der Waals surface area contributed by atoms with Gasteiger partial charge in [0.15, 0.2) is 11.6 Å². The Morgan fingerprint density at radius 1 is 1.10 bits per heavy atom. The first-order chi connectivity index (χ1) is 10.2. The molecule has 106 valence electrons. The fourth-order valence-electron chi connectivity index (χ4n) is 1.99. The Kier molecular flexibility index (Phi) is 3.95. The zero-order valence-electron chi connectivity index (χ0n) is 10.8. The fourth-order valence-corrected chi connectivity index (χ4v) is 2.35. The molecule has 0 aliphatic carbocycles. The molecule has 2 nitrogen and oxygen atoms in total. The highest BCUT2D eigenvalue weighted by molar-refractivity contribution is 6.30. The van der Waals surface area contributed by atoms with E-state index in [0.717, 1.165) is 10.9 Å². The molecule has 0 aliphatic heterocycles. The molecule has 1 heterocycles. The van der Waals surface area contributed by atoms with Crippen molar-refractivity contribution >= 4 is 34.1 Å². The number of benzene rings is 2. The Hall–Kier alpha value is -1.84. The molecule has 21 heavy (non-hydrogen) atoms. The van der Waals surface area contributed by atoms with Gasteiger partial charge in [0.05, 0.1) is 16.4 Å². The fraction of sp³-hybridized carbons (Fsp3) is 0.0625. The molecule has 0 bridgehead atoms. The molecule has 0 spiro atoms. The van der Waals surface area contributed by atoms with Crippen LogP contribution in [0.2, 0.25) is 5.02 Å². The average molecular weight is 322 g/mol. The number of pyridine rings is 1. The van der Waals surface area contributed by atoms with Crippen LogP contribution in [0.25, 0.3) is 10.9 Å². The lowest BCUT2D eigenvalue weighted by Gasteiger charge is -2.11. The molecule has 3 aromatic rings. The summed E-state index contributed by atoms with van der Waals surface area (Å²) in [7, 11) is 0. The van der Waals surface area contributed by atoms with Crippen molar-refractivity contribution in [3.8, 4) is 11.6 Å².